The van der Waals surface area contributed by atoms with Gasteiger partial charge in [-0.05, 0) is 97.4 Å². The molecule has 8 atom stereocenters. The van der Waals surface area contributed by atoms with Crippen molar-refractivity contribution in [3.05, 3.63) is 11.6 Å². The predicted molar refractivity (Wildman–Crippen MR) is 115 cm³/mol. The predicted octanol–water partition coefficient (Wildman–Crippen LogP) is 5.97. The maximum atomic E-state index is 12.1. The third kappa shape index (κ3) is 3.31. The van der Waals surface area contributed by atoms with Crippen molar-refractivity contribution in [2.45, 2.75) is 85.5 Å². The van der Waals surface area contributed by atoms with E-state index in [2.05, 4.69) is 27.7 Å². The Kier molecular flexibility index (Phi) is 5.49. The van der Waals surface area contributed by atoms with Crippen molar-refractivity contribution in [1.82, 2.24) is 0 Å². The fourth-order valence-electron chi connectivity index (χ4n) is 8.53. The molecule has 0 spiro atoms. The Hall–Kier alpha value is -1.12. The second-order valence-corrected chi connectivity index (χ2v) is 11.3. The van der Waals surface area contributed by atoms with Gasteiger partial charge in [0.1, 0.15) is 0 Å². The van der Waals surface area contributed by atoms with Crippen LogP contribution in [0.1, 0.15) is 85.5 Å². The molecule has 0 aromatic rings. The van der Waals surface area contributed by atoms with Crippen molar-refractivity contribution in [3.63, 3.8) is 0 Å². The number of carbonyl (C=O) groups is 2. The zero-order chi connectivity index (χ0) is 21.0. The van der Waals surface area contributed by atoms with Gasteiger partial charge in [0.05, 0.1) is 7.11 Å². The van der Waals surface area contributed by atoms with Crippen LogP contribution in [0.2, 0.25) is 0 Å². The molecule has 3 saturated carbocycles. The highest BCUT2D eigenvalue weighted by Gasteiger charge is 2.60. The van der Waals surface area contributed by atoms with Gasteiger partial charge in [-0.3, -0.25) is 9.59 Å². The van der Waals surface area contributed by atoms with Gasteiger partial charge >= 0.3 is 5.97 Å². The minimum Gasteiger partial charge on any atom is -0.469 e. The number of carbonyl (C=O) groups excluding carboxylic acids is 2. The average molecular weight is 401 g/mol. The third-order valence-corrected chi connectivity index (χ3v) is 10.1. The van der Waals surface area contributed by atoms with E-state index in [1.807, 2.05) is 6.08 Å². The van der Waals surface area contributed by atoms with E-state index < -0.39 is 0 Å². The first kappa shape index (κ1) is 21.1. The Balaban J connectivity index is 1.56. The molecule has 0 aromatic carbocycles. The lowest BCUT2D eigenvalue weighted by molar-refractivity contribution is -0.141. The van der Waals surface area contributed by atoms with E-state index >= 15 is 0 Å². The lowest BCUT2D eigenvalue weighted by atomic mass is 9.44. The maximum Gasteiger partial charge on any atom is 0.305 e. The lowest BCUT2D eigenvalue weighted by Crippen LogP contribution is -2.53. The standard InChI is InChI=1S/C26H40O3/c1-16(6-9-23(28)29-5)20-7-8-21-24-17(2)14-18-15-19(27)10-12-25(18,3)22(24)11-13-26(20,21)4/h15-17,20-22,24H,6-14H2,1-5H3/t16-,17+,20-,21+,22+,24+,25+,26-/m1/s1. The Morgan fingerprint density at radius 1 is 1.21 bits per heavy atom. The molecule has 3 fully saturated rings. The molecule has 4 rings (SSSR count). The summed E-state index contributed by atoms with van der Waals surface area (Å²) < 4.78 is 4.88. The van der Waals surface area contributed by atoms with Crippen molar-refractivity contribution in [1.29, 1.82) is 0 Å². The molecule has 0 saturated heterocycles. The fraction of sp³-hybridized carbons (Fsp3) is 0.846. The molecule has 0 aromatic heterocycles. The normalized spacial score (nSPS) is 44.9. The summed E-state index contributed by atoms with van der Waals surface area (Å²) in [5, 5.41) is 0. The molecule has 0 N–H and O–H groups in total. The van der Waals surface area contributed by atoms with Gasteiger partial charge in [-0.25, -0.2) is 0 Å². The lowest BCUT2D eigenvalue weighted by Gasteiger charge is -2.60. The van der Waals surface area contributed by atoms with E-state index in [-0.39, 0.29) is 11.4 Å². The number of esters is 1. The Morgan fingerprint density at radius 2 is 1.97 bits per heavy atom. The van der Waals surface area contributed by atoms with Gasteiger partial charge in [-0.1, -0.05) is 33.3 Å². The van der Waals surface area contributed by atoms with Gasteiger partial charge in [0.2, 0.25) is 0 Å². The number of methoxy groups -OCH3 is 1. The van der Waals surface area contributed by atoms with E-state index in [4.69, 9.17) is 4.74 Å². The van der Waals surface area contributed by atoms with Gasteiger partial charge in [0.25, 0.3) is 0 Å². The number of ketones is 1. The van der Waals surface area contributed by atoms with Crippen LogP contribution in [0.15, 0.2) is 11.6 Å². The first-order valence-electron chi connectivity index (χ1n) is 12.0. The molecular formula is C26H40O3. The van der Waals surface area contributed by atoms with E-state index in [9.17, 15) is 9.59 Å². The first-order valence-corrected chi connectivity index (χ1v) is 12.0. The third-order valence-electron chi connectivity index (χ3n) is 10.1. The molecule has 0 aliphatic heterocycles. The van der Waals surface area contributed by atoms with E-state index in [0.717, 1.165) is 49.4 Å². The number of ether oxygens (including phenoxy) is 1. The van der Waals surface area contributed by atoms with Crippen molar-refractivity contribution >= 4 is 11.8 Å². The summed E-state index contributed by atoms with van der Waals surface area (Å²) in [6.45, 7) is 9.87. The van der Waals surface area contributed by atoms with Crippen LogP contribution in [0.5, 0.6) is 0 Å². The Labute approximate surface area is 177 Å². The molecule has 0 heterocycles. The number of rotatable bonds is 4. The van der Waals surface area contributed by atoms with E-state index in [1.54, 1.807) is 0 Å². The number of hydrogen-bond acceptors (Lipinski definition) is 3. The van der Waals surface area contributed by atoms with Crippen LogP contribution in [0.3, 0.4) is 0 Å². The topological polar surface area (TPSA) is 43.4 Å². The zero-order valence-corrected chi connectivity index (χ0v) is 19.1. The largest absolute Gasteiger partial charge is 0.469 e. The minimum absolute atomic E-state index is 0.0692. The van der Waals surface area contributed by atoms with Crippen molar-refractivity contribution in [2.75, 3.05) is 7.11 Å². The summed E-state index contributed by atoms with van der Waals surface area (Å²) in [6, 6.07) is 0. The maximum absolute atomic E-state index is 12.1. The summed E-state index contributed by atoms with van der Waals surface area (Å²) in [7, 11) is 1.49. The van der Waals surface area contributed by atoms with Crippen molar-refractivity contribution < 1.29 is 14.3 Å². The van der Waals surface area contributed by atoms with Crippen LogP contribution in [0, 0.1) is 46.3 Å². The molecule has 0 bridgehead atoms. The highest BCUT2D eigenvalue weighted by Crippen LogP contribution is 2.68. The molecular weight excluding hydrogens is 360 g/mol. The average Bonchev–Trinajstić information content (AvgIpc) is 3.04. The summed E-state index contributed by atoms with van der Waals surface area (Å²) in [5.74, 6) is 4.61. The molecule has 29 heavy (non-hydrogen) atoms. The Morgan fingerprint density at radius 3 is 2.69 bits per heavy atom. The molecule has 4 aliphatic carbocycles. The van der Waals surface area contributed by atoms with Gasteiger partial charge in [0, 0.05) is 12.8 Å². The highest BCUT2D eigenvalue weighted by atomic mass is 16.5. The molecule has 0 amide bonds. The summed E-state index contributed by atoms with van der Waals surface area (Å²) in [6.07, 6.45) is 11.8. The quantitative estimate of drug-likeness (QED) is 0.546. The van der Waals surface area contributed by atoms with Crippen LogP contribution < -0.4 is 0 Å². The second kappa shape index (κ2) is 7.54. The summed E-state index contributed by atoms with van der Waals surface area (Å²) in [5.41, 5.74) is 2.13. The molecule has 0 unspecified atom stereocenters. The van der Waals surface area contributed by atoms with Crippen LogP contribution in [-0.2, 0) is 14.3 Å². The highest BCUT2D eigenvalue weighted by molar-refractivity contribution is 5.91. The molecule has 3 nitrogen and oxygen atoms in total. The minimum atomic E-state index is -0.0692. The van der Waals surface area contributed by atoms with Crippen LogP contribution in [0.4, 0.5) is 0 Å². The fourth-order valence-corrected chi connectivity index (χ4v) is 8.53. The number of allylic oxidation sites excluding steroid dienone is 1. The van der Waals surface area contributed by atoms with Gasteiger partial charge in [-0.15, -0.1) is 0 Å². The molecule has 4 aliphatic rings. The number of fused-ring (bicyclic) bond motifs is 5. The molecule has 0 radical (unpaired) electrons. The van der Waals surface area contributed by atoms with Crippen LogP contribution in [-0.4, -0.2) is 18.9 Å². The smallest absolute Gasteiger partial charge is 0.305 e. The van der Waals surface area contributed by atoms with E-state index in [0.29, 0.717) is 29.5 Å². The van der Waals surface area contributed by atoms with Crippen LogP contribution >= 0.6 is 0 Å². The van der Waals surface area contributed by atoms with Gasteiger partial charge < -0.3 is 4.74 Å². The number of hydrogen-bond donors (Lipinski definition) is 0. The summed E-state index contributed by atoms with van der Waals surface area (Å²) in [4.78, 5) is 23.8. The molecule has 3 heteroatoms. The Bertz CT molecular complexity index is 709. The SMILES string of the molecule is COC(=O)CC[C@@H](C)[C@H]1CC[C@H]2[C@@H]3[C@@H](C)CC4=CC(=O)CC[C@]4(C)[C@H]3CC[C@]12C. The monoisotopic (exact) mass is 400 g/mol. The summed E-state index contributed by atoms with van der Waals surface area (Å²) >= 11 is 0. The zero-order valence-electron chi connectivity index (χ0n) is 19.1. The van der Waals surface area contributed by atoms with Gasteiger partial charge in [0.15, 0.2) is 5.78 Å². The van der Waals surface area contributed by atoms with Crippen molar-refractivity contribution in [2.24, 2.45) is 46.3 Å². The molecule has 162 valence electrons. The van der Waals surface area contributed by atoms with Crippen LogP contribution in [0.25, 0.3) is 0 Å². The first-order chi connectivity index (χ1) is 13.7. The second-order valence-electron chi connectivity index (χ2n) is 11.3. The van der Waals surface area contributed by atoms with Crippen molar-refractivity contribution in [3.8, 4) is 0 Å². The van der Waals surface area contributed by atoms with Gasteiger partial charge in [-0.2, -0.15) is 0 Å². The van der Waals surface area contributed by atoms with E-state index in [1.165, 1.54) is 38.4 Å².